The zero-order valence-corrected chi connectivity index (χ0v) is 9.00. The molecule has 0 aliphatic rings. The number of halogens is 1. The van der Waals surface area contributed by atoms with Crippen LogP contribution in [0.15, 0.2) is 18.7 Å². The molecule has 0 aliphatic carbocycles. The Labute approximate surface area is 85.7 Å². The van der Waals surface area contributed by atoms with E-state index in [-0.39, 0.29) is 12.4 Å². The van der Waals surface area contributed by atoms with Gasteiger partial charge in [0.1, 0.15) is 12.4 Å². The highest BCUT2D eigenvalue weighted by molar-refractivity contribution is 4.63. The third kappa shape index (κ3) is 4.90. The van der Waals surface area contributed by atoms with E-state index in [1.807, 2.05) is 34.9 Å². The van der Waals surface area contributed by atoms with Crippen molar-refractivity contribution >= 4 is 0 Å². The van der Waals surface area contributed by atoms with Gasteiger partial charge in [0, 0.05) is 0 Å². The fourth-order valence-corrected chi connectivity index (χ4v) is 0.994. The van der Waals surface area contributed by atoms with E-state index in [4.69, 9.17) is 4.74 Å². The molecule has 0 atom stereocenters. The summed E-state index contributed by atoms with van der Waals surface area (Å²) in [4.78, 5) is 0. The third-order valence-corrected chi connectivity index (χ3v) is 1.71. The molecule has 0 N–H and O–H groups in total. The Morgan fingerprint density at radius 1 is 1.46 bits per heavy atom. The third-order valence-electron chi connectivity index (χ3n) is 1.71. The Morgan fingerprint density at radius 2 is 2.23 bits per heavy atom. The first-order valence-corrected chi connectivity index (χ1v) is 4.41. The van der Waals surface area contributed by atoms with Crippen LogP contribution in [0.4, 0.5) is 0 Å². The Bertz CT molecular complexity index is 225. The van der Waals surface area contributed by atoms with Gasteiger partial charge in [0.25, 0.3) is 0 Å². The lowest BCUT2D eigenvalue weighted by atomic mass is 10.4. The van der Waals surface area contributed by atoms with Gasteiger partial charge in [0.05, 0.1) is 13.7 Å². The van der Waals surface area contributed by atoms with Gasteiger partial charge in [-0.1, -0.05) is 13.3 Å². The van der Waals surface area contributed by atoms with Crippen LogP contribution in [0, 0.1) is 0 Å². The van der Waals surface area contributed by atoms with Gasteiger partial charge in [-0.25, -0.2) is 9.13 Å². The number of hydrogen-bond acceptors (Lipinski definition) is 1. The molecule has 0 aliphatic heterocycles. The number of aromatic nitrogens is 2. The second kappa shape index (κ2) is 6.92. The molecular formula is C9H17ClN2O. The van der Waals surface area contributed by atoms with E-state index in [2.05, 4.69) is 6.92 Å². The molecule has 0 saturated carbocycles. The lowest BCUT2D eigenvalue weighted by Crippen LogP contribution is -3.00. The van der Waals surface area contributed by atoms with Crippen molar-refractivity contribution in [1.29, 1.82) is 0 Å². The number of imidazole rings is 1. The van der Waals surface area contributed by atoms with Gasteiger partial charge < -0.3 is 17.1 Å². The van der Waals surface area contributed by atoms with E-state index >= 15 is 0 Å². The minimum absolute atomic E-state index is 0. The lowest BCUT2D eigenvalue weighted by Gasteiger charge is -1.98. The first-order chi connectivity index (χ1) is 5.83. The van der Waals surface area contributed by atoms with Crippen LogP contribution >= 0.6 is 0 Å². The van der Waals surface area contributed by atoms with E-state index in [0.717, 1.165) is 13.0 Å². The number of rotatable bonds is 5. The molecule has 0 unspecified atom stereocenters. The van der Waals surface area contributed by atoms with Gasteiger partial charge >= 0.3 is 0 Å². The van der Waals surface area contributed by atoms with Crippen LogP contribution in [0.25, 0.3) is 0 Å². The summed E-state index contributed by atoms with van der Waals surface area (Å²) in [5.41, 5.74) is 0. The van der Waals surface area contributed by atoms with Gasteiger partial charge in [-0.05, 0) is 6.42 Å². The van der Waals surface area contributed by atoms with Crippen molar-refractivity contribution in [2.45, 2.75) is 26.5 Å². The van der Waals surface area contributed by atoms with Crippen molar-refractivity contribution in [2.24, 2.45) is 7.05 Å². The summed E-state index contributed by atoms with van der Waals surface area (Å²) in [5, 5.41) is 0. The average Bonchev–Trinajstić information content (AvgIpc) is 2.45. The van der Waals surface area contributed by atoms with Crippen molar-refractivity contribution in [3.8, 4) is 0 Å². The quantitative estimate of drug-likeness (QED) is 0.405. The van der Waals surface area contributed by atoms with Crippen LogP contribution in [-0.4, -0.2) is 11.2 Å². The van der Waals surface area contributed by atoms with E-state index in [0.29, 0.717) is 6.73 Å². The van der Waals surface area contributed by atoms with Gasteiger partial charge in [0.2, 0.25) is 6.33 Å². The molecule has 1 aromatic heterocycles. The smallest absolute Gasteiger partial charge is 0.245 e. The monoisotopic (exact) mass is 204 g/mol. The van der Waals surface area contributed by atoms with E-state index in [1.165, 1.54) is 6.42 Å². The lowest BCUT2D eigenvalue weighted by molar-refractivity contribution is -0.671. The molecule has 0 aromatic carbocycles. The Hall–Kier alpha value is -0.540. The summed E-state index contributed by atoms with van der Waals surface area (Å²) in [5.74, 6) is 0. The highest BCUT2D eigenvalue weighted by Crippen LogP contribution is 1.90. The van der Waals surface area contributed by atoms with Gasteiger partial charge in [-0.2, -0.15) is 0 Å². The van der Waals surface area contributed by atoms with Crippen molar-refractivity contribution < 1.29 is 21.7 Å². The molecule has 0 fully saturated rings. The first-order valence-electron chi connectivity index (χ1n) is 4.41. The van der Waals surface area contributed by atoms with Crippen LogP contribution in [0.3, 0.4) is 0 Å². The maximum atomic E-state index is 5.42. The largest absolute Gasteiger partial charge is 1.00 e. The van der Waals surface area contributed by atoms with E-state index < -0.39 is 0 Å². The minimum Gasteiger partial charge on any atom is -1.00 e. The van der Waals surface area contributed by atoms with Crippen molar-refractivity contribution in [2.75, 3.05) is 6.61 Å². The van der Waals surface area contributed by atoms with Crippen molar-refractivity contribution in [1.82, 2.24) is 4.57 Å². The first kappa shape index (κ1) is 12.5. The summed E-state index contributed by atoms with van der Waals surface area (Å²) in [7, 11) is 2.00. The molecule has 0 bridgehead atoms. The second-order valence-electron chi connectivity index (χ2n) is 2.98. The molecule has 1 rings (SSSR count). The Kier molecular flexibility index (Phi) is 6.63. The van der Waals surface area contributed by atoms with E-state index in [9.17, 15) is 0 Å². The minimum atomic E-state index is 0. The molecule has 3 nitrogen and oxygen atoms in total. The predicted molar refractivity (Wildman–Crippen MR) is 46.5 cm³/mol. The molecule has 0 saturated heterocycles. The van der Waals surface area contributed by atoms with Crippen LogP contribution in [0.2, 0.25) is 0 Å². The van der Waals surface area contributed by atoms with Crippen molar-refractivity contribution in [3.05, 3.63) is 18.7 Å². The van der Waals surface area contributed by atoms with E-state index in [1.54, 1.807) is 0 Å². The van der Waals surface area contributed by atoms with Gasteiger partial charge in [-0.3, -0.25) is 0 Å². The van der Waals surface area contributed by atoms with Gasteiger partial charge in [0.15, 0.2) is 6.73 Å². The highest BCUT2D eigenvalue weighted by Gasteiger charge is 1.97. The second-order valence-corrected chi connectivity index (χ2v) is 2.98. The number of aryl methyl sites for hydroxylation is 1. The van der Waals surface area contributed by atoms with Crippen LogP contribution in [-0.2, 0) is 18.5 Å². The number of ether oxygens (including phenoxy) is 1. The summed E-state index contributed by atoms with van der Waals surface area (Å²) in [6.07, 6.45) is 8.36. The number of nitrogens with zero attached hydrogens (tertiary/aromatic N) is 2. The molecular weight excluding hydrogens is 188 g/mol. The molecule has 13 heavy (non-hydrogen) atoms. The van der Waals surface area contributed by atoms with Crippen LogP contribution in [0.1, 0.15) is 19.8 Å². The average molecular weight is 205 g/mol. The Balaban J connectivity index is 0.00000144. The molecule has 4 heteroatoms. The maximum absolute atomic E-state index is 5.42. The van der Waals surface area contributed by atoms with Crippen LogP contribution < -0.4 is 17.0 Å². The van der Waals surface area contributed by atoms with Crippen LogP contribution in [0.5, 0.6) is 0 Å². The topological polar surface area (TPSA) is 18.0 Å². The predicted octanol–water partition coefficient (Wildman–Crippen LogP) is -1.91. The molecule has 0 spiro atoms. The molecule has 76 valence electrons. The van der Waals surface area contributed by atoms with Gasteiger partial charge in [-0.15, -0.1) is 0 Å². The fourth-order valence-electron chi connectivity index (χ4n) is 0.994. The highest BCUT2D eigenvalue weighted by atomic mass is 35.5. The molecule has 0 amide bonds. The number of hydrogen-bond donors (Lipinski definition) is 0. The zero-order valence-electron chi connectivity index (χ0n) is 8.24. The standard InChI is InChI=1S/C9H17N2O.ClH/c1-3-4-7-12-9-11-6-5-10(2)8-11;/h5-6,8H,3-4,7,9H2,1-2H3;1H/q+1;/p-1. The summed E-state index contributed by atoms with van der Waals surface area (Å²) >= 11 is 0. The fraction of sp³-hybridized carbons (Fsp3) is 0.667. The Morgan fingerprint density at radius 3 is 2.77 bits per heavy atom. The zero-order chi connectivity index (χ0) is 8.81. The maximum Gasteiger partial charge on any atom is 0.245 e. The normalized spacial score (nSPS) is 9.69. The molecule has 1 heterocycles. The summed E-state index contributed by atoms with van der Waals surface area (Å²) in [6.45, 7) is 3.69. The summed E-state index contributed by atoms with van der Waals surface area (Å²) in [6, 6.07) is 0. The SMILES string of the molecule is CCCCOCn1cc[n+](C)c1.[Cl-]. The van der Waals surface area contributed by atoms with Crippen molar-refractivity contribution in [3.63, 3.8) is 0 Å². The number of unbranched alkanes of at least 4 members (excludes halogenated alkanes) is 1. The molecule has 0 radical (unpaired) electrons. The molecule has 1 aromatic rings. The summed E-state index contributed by atoms with van der Waals surface area (Å²) < 4.78 is 9.45.